The highest BCUT2D eigenvalue weighted by molar-refractivity contribution is 6.42. The lowest BCUT2D eigenvalue weighted by Crippen LogP contribution is -2.44. The number of hydrogen-bond donors (Lipinski definition) is 0. The number of benzene rings is 2. The zero-order valence-electron chi connectivity index (χ0n) is 18.8. The minimum atomic E-state index is -0.517. The molecule has 0 fully saturated rings. The Labute approximate surface area is 211 Å². The molecular formula is C25H20Cl2FN5O2. The Kier molecular flexibility index (Phi) is 5.99. The summed E-state index contributed by atoms with van der Waals surface area (Å²) in [6.07, 6.45) is 0.519. The van der Waals surface area contributed by atoms with Crippen molar-refractivity contribution < 1.29 is 14.0 Å². The standard InChI is InChI=1S/C25H20Cl2FN5O2/c1-14-6-22-19(13-32(14)24(34)17-2-3-20(26)21(27)10-17)23-25(35)31(4-5-33(23)30-22)12-16-7-15(11-29)8-18(28)9-16/h2-3,7-10,14H,4-6,12-13H2,1H3/t14-/m1/s1. The third-order valence-electron chi connectivity index (χ3n) is 6.44. The average Bonchev–Trinajstić information content (AvgIpc) is 3.19. The van der Waals surface area contributed by atoms with Crippen LogP contribution in [-0.2, 0) is 26.1 Å². The van der Waals surface area contributed by atoms with Gasteiger partial charge in [0, 0.05) is 36.7 Å². The second-order valence-electron chi connectivity index (χ2n) is 8.80. The number of amides is 2. The van der Waals surface area contributed by atoms with E-state index < -0.39 is 5.82 Å². The Hall–Kier alpha value is -3.41. The molecule has 0 radical (unpaired) electrons. The van der Waals surface area contributed by atoms with E-state index in [1.807, 2.05) is 13.0 Å². The first-order valence-corrected chi connectivity index (χ1v) is 11.8. The maximum Gasteiger partial charge on any atom is 0.272 e. The molecule has 35 heavy (non-hydrogen) atoms. The van der Waals surface area contributed by atoms with Crippen LogP contribution in [0.4, 0.5) is 4.39 Å². The normalized spacial score (nSPS) is 17.1. The van der Waals surface area contributed by atoms with E-state index in [-0.39, 0.29) is 36.5 Å². The number of fused-ring (bicyclic) bond motifs is 3. The number of carbonyl (C=O) groups is 2. The van der Waals surface area contributed by atoms with E-state index in [4.69, 9.17) is 28.5 Å². The number of hydrogen-bond acceptors (Lipinski definition) is 4. The van der Waals surface area contributed by atoms with E-state index in [0.717, 1.165) is 17.3 Å². The van der Waals surface area contributed by atoms with Crippen LogP contribution in [0.25, 0.3) is 0 Å². The van der Waals surface area contributed by atoms with Crippen LogP contribution in [-0.4, -0.2) is 44.0 Å². The van der Waals surface area contributed by atoms with Gasteiger partial charge < -0.3 is 9.80 Å². The van der Waals surface area contributed by atoms with Crippen molar-refractivity contribution in [1.29, 1.82) is 5.26 Å². The van der Waals surface area contributed by atoms with Crippen molar-refractivity contribution in [3.8, 4) is 6.07 Å². The minimum absolute atomic E-state index is 0.121. The molecule has 3 aromatic rings. The van der Waals surface area contributed by atoms with E-state index in [9.17, 15) is 14.0 Å². The number of rotatable bonds is 3. The van der Waals surface area contributed by atoms with Crippen molar-refractivity contribution in [3.63, 3.8) is 0 Å². The smallest absolute Gasteiger partial charge is 0.272 e. The van der Waals surface area contributed by atoms with Crippen LogP contribution in [0, 0.1) is 17.1 Å². The summed E-state index contributed by atoms with van der Waals surface area (Å²) < 4.78 is 15.6. The van der Waals surface area contributed by atoms with Crippen LogP contribution in [0.2, 0.25) is 10.0 Å². The molecular weight excluding hydrogens is 492 g/mol. The fourth-order valence-corrected chi connectivity index (χ4v) is 5.01. The number of nitriles is 1. The van der Waals surface area contributed by atoms with Crippen molar-refractivity contribution >= 4 is 35.0 Å². The largest absolute Gasteiger partial charge is 0.331 e. The van der Waals surface area contributed by atoms with Crippen molar-refractivity contribution in [2.45, 2.75) is 39.0 Å². The average molecular weight is 512 g/mol. The molecule has 2 aliphatic rings. The minimum Gasteiger partial charge on any atom is -0.331 e. The summed E-state index contributed by atoms with van der Waals surface area (Å²) in [6, 6.07) is 10.7. The van der Waals surface area contributed by atoms with Gasteiger partial charge in [0.05, 0.1) is 40.5 Å². The molecule has 0 N–H and O–H groups in total. The first-order valence-electron chi connectivity index (χ1n) is 11.1. The third kappa shape index (κ3) is 4.26. The maximum atomic E-state index is 13.9. The molecule has 2 amide bonds. The predicted molar refractivity (Wildman–Crippen MR) is 128 cm³/mol. The SMILES string of the molecule is C[C@@H]1Cc2nn3c(c2CN1C(=O)c1ccc(Cl)c(Cl)c1)C(=O)N(Cc1cc(F)cc(C#N)c1)CC3. The zero-order valence-corrected chi connectivity index (χ0v) is 20.3. The molecule has 1 atom stereocenters. The van der Waals surface area contributed by atoms with Gasteiger partial charge in [-0.15, -0.1) is 0 Å². The molecule has 0 saturated heterocycles. The van der Waals surface area contributed by atoms with Gasteiger partial charge in [-0.2, -0.15) is 10.4 Å². The summed E-state index contributed by atoms with van der Waals surface area (Å²) in [5.74, 6) is -0.953. The molecule has 1 aromatic heterocycles. The Morgan fingerprint density at radius 3 is 2.74 bits per heavy atom. The third-order valence-corrected chi connectivity index (χ3v) is 7.18. The first-order chi connectivity index (χ1) is 16.7. The van der Waals surface area contributed by atoms with Crippen molar-refractivity contribution in [2.24, 2.45) is 0 Å². The molecule has 10 heteroatoms. The highest BCUT2D eigenvalue weighted by Gasteiger charge is 2.37. The van der Waals surface area contributed by atoms with Crippen LogP contribution in [0.15, 0.2) is 36.4 Å². The van der Waals surface area contributed by atoms with Crippen molar-refractivity contribution in [3.05, 3.63) is 85.9 Å². The highest BCUT2D eigenvalue weighted by Crippen LogP contribution is 2.31. The van der Waals surface area contributed by atoms with E-state index in [1.165, 1.54) is 6.07 Å². The maximum absolute atomic E-state index is 13.9. The van der Waals surface area contributed by atoms with Gasteiger partial charge in [0.2, 0.25) is 0 Å². The predicted octanol–water partition coefficient (Wildman–Crippen LogP) is 4.44. The Balaban J connectivity index is 1.42. The lowest BCUT2D eigenvalue weighted by atomic mass is 9.97. The van der Waals surface area contributed by atoms with Crippen molar-refractivity contribution in [2.75, 3.05) is 6.54 Å². The second-order valence-corrected chi connectivity index (χ2v) is 9.61. The van der Waals surface area contributed by atoms with Gasteiger partial charge in [-0.3, -0.25) is 14.3 Å². The molecule has 3 heterocycles. The van der Waals surface area contributed by atoms with Gasteiger partial charge in [0.1, 0.15) is 11.5 Å². The van der Waals surface area contributed by atoms with E-state index in [0.29, 0.717) is 46.4 Å². The van der Waals surface area contributed by atoms with Crippen LogP contribution in [0.1, 0.15) is 50.2 Å². The Morgan fingerprint density at radius 1 is 1.20 bits per heavy atom. The Morgan fingerprint density at radius 2 is 2.00 bits per heavy atom. The lowest BCUT2D eigenvalue weighted by Gasteiger charge is -2.34. The fourth-order valence-electron chi connectivity index (χ4n) is 4.71. The van der Waals surface area contributed by atoms with Gasteiger partial charge in [0.25, 0.3) is 11.8 Å². The van der Waals surface area contributed by atoms with E-state index in [2.05, 4.69) is 5.10 Å². The number of aromatic nitrogens is 2. The summed E-state index contributed by atoms with van der Waals surface area (Å²) in [5, 5.41) is 14.5. The molecule has 0 saturated carbocycles. The molecule has 0 bridgehead atoms. The first kappa shape index (κ1) is 23.3. The van der Waals surface area contributed by atoms with E-state index in [1.54, 1.807) is 38.7 Å². The van der Waals surface area contributed by atoms with E-state index >= 15 is 0 Å². The fraction of sp³-hybridized carbons (Fsp3) is 0.280. The molecule has 5 rings (SSSR count). The van der Waals surface area contributed by atoms with Crippen LogP contribution in [0.3, 0.4) is 0 Å². The van der Waals surface area contributed by atoms with Gasteiger partial charge in [-0.05, 0) is 48.9 Å². The zero-order chi connectivity index (χ0) is 24.9. The quantitative estimate of drug-likeness (QED) is 0.520. The summed E-state index contributed by atoms with van der Waals surface area (Å²) in [5.41, 5.74) is 3.14. The molecule has 2 aromatic carbocycles. The summed E-state index contributed by atoms with van der Waals surface area (Å²) in [4.78, 5) is 30.1. The molecule has 7 nitrogen and oxygen atoms in total. The topological polar surface area (TPSA) is 82.2 Å². The number of nitrogens with zero attached hydrogens (tertiary/aromatic N) is 5. The Bertz CT molecular complexity index is 1410. The molecule has 0 spiro atoms. The van der Waals surface area contributed by atoms with Crippen LogP contribution >= 0.6 is 23.2 Å². The van der Waals surface area contributed by atoms with Gasteiger partial charge in [-0.25, -0.2) is 4.39 Å². The van der Waals surface area contributed by atoms with Crippen LogP contribution < -0.4 is 0 Å². The summed E-state index contributed by atoms with van der Waals surface area (Å²) >= 11 is 12.1. The van der Waals surface area contributed by atoms with Gasteiger partial charge in [0.15, 0.2) is 0 Å². The molecule has 178 valence electrons. The molecule has 0 unspecified atom stereocenters. The van der Waals surface area contributed by atoms with Crippen LogP contribution in [0.5, 0.6) is 0 Å². The summed E-state index contributed by atoms with van der Waals surface area (Å²) in [6.45, 7) is 3.26. The van der Waals surface area contributed by atoms with Gasteiger partial charge in [-0.1, -0.05) is 23.2 Å². The summed E-state index contributed by atoms with van der Waals surface area (Å²) in [7, 11) is 0. The second kappa shape index (κ2) is 8.99. The monoisotopic (exact) mass is 511 g/mol. The van der Waals surface area contributed by atoms with Gasteiger partial charge >= 0.3 is 0 Å². The van der Waals surface area contributed by atoms with Crippen molar-refractivity contribution in [1.82, 2.24) is 19.6 Å². The lowest BCUT2D eigenvalue weighted by molar-refractivity contribution is 0.0637. The number of carbonyl (C=O) groups excluding carboxylic acids is 2. The highest BCUT2D eigenvalue weighted by atomic mass is 35.5. The molecule has 2 aliphatic heterocycles. The molecule has 0 aliphatic carbocycles. The number of halogens is 3.